The van der Waals surface area contributed by atoms with Crippen LogP contribution in [0.2, 0.25) is 0 Å². The molecule has 4 aliphatic carbocycles. The fourth-order valence-corrected chi connectivity index (χ4v) is 16.8. The number of halogens is 4. The minimum Gasteiger partial charge on any atom is -0.343 e. The zero-order chi connectivity index (χ0) is 73.0. The number of likely N-dealkylation sites (tertiary alicyclic amines) is 1. The standard InChI is InChI=1S/C71H114ClF3N12O12/c1-12-45(4)60-67(97)81(7)42-58(90)79(5)43-59(91)83(9)54(39-46-23-15-13-16-24-46)65(95)80(6)41-56(88)76-51(31-29-47-28-30-49(50(72)38-47)71(73,74)75)64(94)87-36-21-27-52(87)63(93)78-70(32-19-20-33-70)69(99)85(11)61(48-25-17-14-18-26-48)68(98)84(10)55(66(96)86-34-22-35-86)40-57(89)82(8)53(37-44(2)3)62(92)77-60/h44-55,60-61H,12-43H2,1-11H3,(H,76,88)(H,77,92)(H,78,93)/t45-,47?,49?,50?,51-,52-,53-,54-,55-,60-,61-/m0/s1. The summed E-state index contributed by atoms with van der Waals surface area (Å²) in [6.45, 7) is 6.57. The number of alkyl halides is 4. The number of fused-ring (bicyclic) bond motifs is 1. The van der Waals surface area contributed by atoms with E-state index in [1.807, 2.05) is 20.8 Å². The molecule has 0 bridgehead atoms. The third-order valence-corrected chi connectivity index (χ3v) is 23.4. The van der Waals surface area contributed by atoms with E-state index in [0.29, 0.717) is 58.0 Å². The molecule has 3 unspecified atom stereocenters. The van der Waals surface area contributed by atoms with Crippen LogP contribution >= 0.6 is 11.6 Å². The van der Waals surface area contributed by atoms with Gasteiger partial charge in [0.2, 0.25) is 70.9 Å². The first-order valence-electron chi connectivity index (χ1n) is 36.7. The number of carbonyl (C=O) groups excluding carboxylic acids is 12. The van der Waals surface area contributed by atoms with Gasteiger partial charge in [-0.1, -0.05) is 98.3 Å². The topological polar surface area (TPSA) is 270 Å². The first-order valence-corrected chi connectivity index (χ1v) is 37.1. The molecule has 0 aromatic rings. The number of hydrogen-bond donors (Lipinski definition) is 3. The van der Waals surface area contributed by atoms with Crippen molar-refractivity contribution in [3.05, 3.63) is 0 Å². The third-order valence-electron chi connectivity index (χ3n) is 23.0. The minimum atomic E-state index is -4.51. The molecule has 558 valence electrons. The van der Waals surface area contributed by atoms with E-state index in [2.05, 4.69) is 16.0 Å². The molecule has 0 aromatic carbocycles. The van der Waals surface area contributed by atoms with Crippen molar-refractivity contribution in [2.24, 2.45) is 35.5 Å². The van der Waals surface area contributed by atoms with E-state index in [-0.39, 0.29) is 94.4 Å². The Morgan fingerprint density at radius 2 is 1.19 bits per heavy atom. The minimum absolute atomic E-state index is 0.00311. The molecule has 1 spiro atoms. The van der Waals surface area contributed by atoms with Crippen LogP contribution in [-0.4, -0.2) is 263 Å². The smallest absolute Gasteiger partial charge is 0.343 e. The van der Waals surface area contributed by atoms with Crippen LogP contribution in [0.5, 0.6) is 0 Å². The predicted octanol–water partition coefficient (Wildman–Crippen LogP) is 5.70. The molecule has 12 amide bonds. The number of likely N-dealkylation sites (N-methyl/N-ethyl adjacent to an activating group) is 7. The van der Waals surface area contributed by atoms with Gasteiger partial charge in [0.15, 0.2) is 0 Å². The van der Waals surface area contributed by atoms with Gasteiger partial charge in [-0.2, -0.15) is 13.2 Å². The van der Waals surface area contributed by atoms with Gasteiger partial charge in [-0.25, -0.2) is 0 Å². The Labute approximate surface area is 588 Å². The van der Waals surface area contributed by atoms with E-state index in [9.17, 15) is 51.5 Å². The Morgan fingerprint density at radius 1 is 0.586 bits per heavy atom. The van der Waals surface area contributed by atoms with Gasteiger partial charge in [-0.3, -0.25) is 57.5 Å². The fraction of sp³-hybridized carbons (Fsp3) is 0.831. The van der Waals surface area contributed by atoms with Gasteiger partial charge in [0.1, 0.15) is 47.8 Å². The predicted molar refractivity (Wildman–Crippen MR) is 365 cm³/mol. The zero-order valence-electron chi connectivity index (χ0n) is 60.6. The van der Waals surface area contributed by atoms with Crippen molar-refractivity contribution in [2.75, 3.05) is 88.6 Å². The highest BCUT2D eigenvalue weighted by Crippen LogP contribution is 2.44. The maximum atomic E-state index is 15.7. The fourth-order valence-electron chi connectivity index (χ4n) is 16.2. The van der Waals surface area contributed by atoms with Gasteiger partial charge in [0, 0.05) is 74.3 Å². The lowest BCUT2D eigenvalue weighted by atomic mass is 9.78. The SMILES string of the molecule is CC[C@H](C)[C@@H]1NC(=O)[C@H](CC(C)C)N(C)C(=O)C[C@@H](C(=O)N2CCC2)N(C)C(=O)[C@H](C2CCCCC2)N(C)C(=O)C2(CCCC2)NC(=O)[C@@H]2CCCN2C(=O)[C@H](CCC2CCC(C(F)(F)F)C(Cl)C2)NC(=O)CN(C)C(=O)[C@H](CC2CCCCC2)N(C)C(=O)CN(C)C(=O)CN(C)C1=O. The highest BCUT2D eigenvalue weighted by Gasteiger charge is 2.52. The van der Waals surface area contributed by atoms with Gasteiger partial charge in [0.05, 0.1) is 32.0 Å². The molecule has 7 aliphatic rings. The molecular formula is C71H114ClF3N12O12. The maximum Gasteiger partial charge on any atom is 0.393 e. The lowest BCUT2D eigenvalue weighted by Gasteiger charge is -2.44. The maximum absolute atomic E-state index is 15.7. The Morgan fingerprint density at radius 3 is 1.78 bits per heavy atom. The van der Waals surface area contributed by atoms with E-state index >= 15 is 19.2 Å². The summed E-state index contributed by atoms with van der Waals surface area (Å²) in [5.41, 5.74) is -1.55. The van der Waals surface area contributed by atoms with E-state index in [0.717, 1.165) is 66.1 Å². The van der Waals surface area contributed by atoms with Crippen molar-refractivity contribution >= 4 is 82.5 Å². The first kappa shape index (κ1) is 80.0. The molecular weight excluding hydrogens is 1310 g/mol. The van der Waals surface area contributed by atoms with Crippen LogP contribution in [0.25, 0.3) is 0 Å². The summed E-state index contributed by atoms with van der Waals surface area (Å²) in [7, 11) is 10.1. The number of nitrogens with zero attached hydrogens (tertiary/aromatic N) is 9. The second-order valence-electron chi connectivity index (χ2n) is 30.5. The van der Waals surface area contributed by atoms with Crippen molar-refractivity contribution < 1.29 is 70.7 Å². The molecule has 0 radical (unpaired) electrons. The molecule has 11 atom stereocenters. The third kappa shape index (κ3) is 20.1. The molecule has 3 aliphatic heterocycles. The number of nitrogens with one attached hydrogen (secondary N) is 3. The van der Waals surface area contributed by atoms with Gasteiger partial charge in [-0.15, -0.1) is 11.6 Å². The van der Waals surface area contributed by atoms with Crippen LogP contribution in [0.15, 0.2) is 0 Å². The highest BCUT2D eigenvalue weighted by atomic mass is 35.5. The van der Waals surface area contributed by atoms with Crippen LogP contribution in [0.4, 0.5) is 13.2 Å². The molecule has 24 nitrogen and oxygen atoms in total. The van der Waals surface area contributed by atoms with Crippen LogP contribution in [-0.2, 0) is 57.5 Å². The molecule has 28 heteroatoms. The summed E-state index contributed by atoms with van der Waals surface area (Å²) >= 11 is 6.40. The quantitative estimate of drug-likeness (QED) is 0.210. The molecule has 3 N–H and O–H groups in total. The highest BCUT2D eigenvalue weighted by molar-refractivity contribution is 6.21. The van der Waals surface area contributed by atoms with Crippen molar-refractivity contribution in [1.29, 1.82) is 0 Å². The average Bonchev–Trinajstić information content (AvgIpc) is 1.76. The summed E-state index contributed by atoms with van der Waals surface area (Å²) in [5, 5.41) is 7.62. The Bertz CT molecular complexity index is 2890. The summed E-state index contributed by atoms with van der Waals surface area (Å²) < 4.78 is 42.0. The van der Waals surface area contributed by atoms with Crippen LogP contribution < -0.4 is 16.0 Å². The van der Waals surface area contributed by atoms with Crippen LogP contribution in [0.3, 0.4) is 0 Å². The summed E-state index contributed by atoms with van der Waals surface area (Å²) in [5.74, 6) is -10.5. The lowest BCUT2D eigenvalue weighted by Crippen LogP contribution is -2.65. The second kappa shape index (κ2) is 35.5. The largest absolute Gasteiger partial charge is 0.393 e. The second-order valence-corrected chi connectivity index (χ2v) is 31.1. The van der Waals surface area contributed by atoms with Gasteiger partial charge < -0.3 is 60.0 Å². The monoisotopic (exact) mass is 1420 g/mol. The van der Waals surface area contributed by atoms with Gasteiger partial charge >= 0.3 is 6.18 Å². The Hall–Kier alpha value is -6.28. The van der Waals surface area contributed by atoms with Crippen LogP contribution in [0.1, 0.15) is 195 Å². The van der Waals surface area contributed by atoms with Crippen LogP contribution in [0, 0.1) is 35.5 Å². The number of hydrogen-bond acceptors (Lipinski definition) is 12. The Kier molecular flexibility index (Phi) is 28.7. The number of carbonyl (C=O) groups is 12. The first-order chi connectivity index (χ1) is 46.7. The molecule has 3 heterocycles. The normalized spacial score (nSPS) is 30.1. The van der Waals surface area contributed by atoms with Crippen molar-refractivity contribution in [1.82, 2.24) is 60.0 Å². The summed E-state index contributed by atoms with van der Waals surface area (Å²) in [4.78, 5) is 190. The van der Waals surface area contributed by atoms with E-state index < -0.39 is 168 Å². The van der Waals surface area contributed by atoms with Gasteiger partial charge in [0.25, 0.3) is 0 Å². The van der Waals surface area contributed by atoms with E-state index in [1.54, 1.807) is 11.8 Å². The number of amides is 12. The molecule has 99 heavy (non-hydrogen) atoms. The zero-order valence-corrected chi connectivity index (χ0v) is 61.4. The molecule has 0 aromatic heterocycles. The van der Waals surface area contributed by atoms with E-state index in [1.165, 1.54) is 73.8 Å². The summed E-state index contributed by atoms with van der Waals surface area (Å²) in [6, 6.07) is -8.49. The molecule has 7 fully saturated rings. The summed E-state index contributed by atoms with van der Waals surface area (Å²) in [6.07, 6.45) is 6.41. The average molecular weight is 1420 g/mol. The number of rotatable bonds is 11. The molecule has 7 rings (SSSR count). The van der Waals surface area contributed by atoms with Crippen molar-refractivity contribution in [2.45, 2.75) is 254 Å². The van der Waals surface area contributed by atoms with Gasteiger partial charge in [-0.05, 0) is 119 Å². The molecule has 3 saturated heterocycles. The molecule has 4 saturated carbocycles. The van der Waals surface area contributed by atoms with Crippen molar-refractivity contribution in [3.63, 3.8) is 0 Å². The van der Waals surface area contributed by atoms with E-state index in [4.69, 9.17) is 11.6 Å². The Balaban J connectivity index is 1.26. The van der Waals surface area contributed by atoms with Crippen molar-refractivity contribution in [3.8, 4) is 0 Å². The lowest BCUT2D eigenvalue weighted by molar-refractivity contribution is -0.182.